The summed E-state index contributed by atoms with van der Waals surface area (Å²) in [7, 11) is 1.84. The minimum absolute atomic E-state index is 0. The smallest absolute Gasteiger partial charge is 0.370 e. The van der Waals surface area contributed by atoms with Gasteiger partial charge in [-0.3, -0.25) is 5.21 Å². The molecule has 0 saturated carbocycles. The van der Waals surface area contributed by atoms with E-state index in [1.54, 1.807) is 24.5 Å². The molecule has 0 aliphatic carbocycles. The van der Waals surface area contributed by atoms with Gasteiger partial charge >= 0.3 is 6.18 Å². The molecule has 4 heterocycles. The number of nitriles is 1. The molecule has 45 heavy (non-hydrogen) atoms. The van der Waals surface area contributed by atoms with E-state index in [4.69, 9.17) is 14.7 Å². The van der Waals surface area contributed by atoms with Crippen LogP contribution in [0.5, 0.6) is 5.88 Å². The summed E-state index contributed by atoms with van der Waals surface area (Å²) in [6, 6.07) is 11.0. The summed E-state index contributed by atoms with van der Waals surface area (Å²) in [5.41, 5.74) is -0.295. The van der Waals surface area contributed by atoms with E-state index in [0.29, 0.717) is 55.6 Å². The van der Waals surface area contributed by atoms with Gasteiger partial charge in [0.2, 0.25) is 5.88 Å². The molecule has 10 nitrogen and oxygen atoms in total. The number of anilines is 1. The van der Waals surface area contributed by atoms with Crippen LogP contribution in [0.2, 0.25) is 0 Å². The summed E-state index contributed by atoms with van der Waals surface area (Å²) in [6.45, 7) is 4.72. The number of ether oxygens (including phenoxy) is 2. The van der Waals surface area contributed by atoms with Gasteiger partial charge in [0.25, 0.3) is 0 Å². The molecule has 5 rings (SSSR count). The van der Waals surface area contributed by atoms with E-state index >= 15 is 0 Å². The molecule has 2 saturated heterocycles. The molecule has 2 fully saturated rings. The first-order valence-corrected chi connectivity index (χ1v) is 14.8. The van der Waals surface area contributed by atoms with Crippen LogP contribution in [0.3, 0.4) is 0 Å². The summed E-state index contributed by atoms with van der Waals surface area (Å²) < 4.78 is 56.0. The zero-order valence-electron chi connectivity index (χ0n) is 25.4. The minimum atomic E-state index is -4.63. The maximum atomic E-state index is 14.3. The number of piperidine rings is 1. The molecule has 0 bridgehead atoms. The van der Waals surface area contributed by atoms with E-state index in [1.165, 1.54) is 0 Å². The molecule has 1 atom stereocenters. The number of likely N-dealkylation sites (tertiary alicyclic amines) is 1. The van der Waals surface area contributed by atoms with Crippen LogP contribution in [-0.4, -0.2) is 62.8 Å². The molecule has 1 aromatic carbocycles. The summed E-state index contributed by atoms with van der Waals surface area (Å²) in [5, 5.41) is 28.9. The van der Waals surface area contributed by atoms with E-state index in [2.05, 4.69) is 39.1 Å². The molecule has 0 radical (unpaired) electrons. The second kappa shape index (κ2) is 15.0. The fourth-order valence-corrected chi connectivity index (χ4v) is 5.79. The van der Waals surface area contributed by atoms with Gasteiger partial charge in [-0.15, -0.1) is 21.3 Å². The second-order valence-corrected chi connectivity index (χ2v) is 11.9. The average Bonchev–Trinajstić information content (AvgIpc) is 3.37. The zero-order chi connectivity index (χ0) is 31.3. The Kier molecular flexibility index (Phi) is 11.6. The summed E-state index contributed by atoms with van der Waals surface area (Å²) >= 11 is 0. The van der Waals surface area contributed by atoms with Crippen molar-refractivity contribution in [3.63, 3.8) is 0 Å². The quantitative estimate of drug-likeness (QED) is 0.156. The average molecular weight is 797 g/mol. The number of benzene rings is 1. The van der Waals surface area contributed by atoms with Crippen molar-refractivity contribution in [1.29, 1.82) is 5.26 Å². The number of rotatable bonds is 12. The number of pyridine rings is 1. The maximum absolute atomic E-state index is 14.3. The van der Waals surface area contributed by atoms with Crippen LogP contribution in [0, 0.1) is 23.3 Å². The molecule has 2 aliphatic heterocycles. The van der Waals surface area contributed by atoms with Crippen molar-refractivity contribution in [3.8, 4) is 11.9 Å². The summed E-state index contributed by atoms with van der Waals surface area (Å²) in [6.07, 6.45) is 0.369. The van der Waals surface area contributed by atoms with Gasteiger partial charge in [-0.05, 0) is 62.0 Å². The number of halogens is 3. The normalized spacial score (nSPS) is 18.0. The SMILES string of the molecule is C[C@H]1CCCN(Cc2c[c-]c(CN(O)c3cc(C4(Cc5nncn5C)COC4)cc(OCCCC#N)n3)c(C(F)(F)F)c2)C1.[W]. The predicted molar refractivity (Wildman–Crippen MR) is 154 cm³/mol. The Hall–Kier alpha value is -3.04. The van der Waals surface area contributed by atoms with Crippen molar-refractivity contribution in [2.24, 2.45) is 13.0 Å². The van der Waals surface area contributed by atoms with Gasteiger partial charge in [0.05, 0.1) is 32.4 Å². The number of hydrogen-bond donors (Lipinski definition) is 1. The Morgan fingerprint density at radius 1 is 1.29 bits per heavy atom. The number of aromatic nitrogens is 4. The Morgan fingerprint density at radius 2 is 2.09 bits per heavy atom. The monoisotopic (exact) mass is 796 g/mol. The third-order valence-electron chi connectivity index (χ3n) is 8.25. The topological polar surface area (TPSA) is 113 Å². The number of nitrogens with zero attached hydrogens (tertiary/aromatic N) is 7. The first-order valence-electron chi connectivity index (χ1n) is 14.8. The van der Waals surface area contributed by atoms with Crippen LogP contribution in [-0.2, 0) is 64.0 Å². The molecule has 14 heteroatoms. The third-order valence-corrected chi connectivity index (χ3v) is 8.25. The summed E-state index contributed by atoms with van der Waals surface area (Å²) in [4.78, 5) is 6.57. The van der Waals surface area contributed by atoms with E-state index < -0.39 is 23.7 Å². The fraction of sp³-hybridized carbons (Fsp3) is 0.548. The largest absolute Gasteiger partial charge is 0.478 e. The van der Waals surface area contributed by atoms with E-state index in [1.807, 2.05) is 11.6 Å². The summed E-state index contributed by atoms with van der Waals surface area (Å²) in [5.74, 6) is 1.44. The maximum Gasteiger partial charge on any atom is 0.370 e. The number of aryl methyl sites for hydroxylation is 1. The third kappa shape index (κ3) is 8.61. The van der Waals surface area contributed by atoms with E-state index in [-0.39, 0.29) is 44.9 Å². The van der Waals surface area contributed by atoms with Crippen molar-refractivity contribution in [1.82, 2.24) is 24.6 Å². The van der Waals surface area contributed by atoms with Gasteiger partial charge in [0, 0.05) is 52.4 Å². The van der Waals surface area contributed by atoms with E-state index in [0.717, 1.165) is 43.4 Å². The molecule has 2 aromatic heterocycles. The van der Waals surface area contributed by atoms with Gasteiger partial charge in [-0.25, -0.2) is 5.06 Å². The van der Waals surface area contributed by atoms with Gasteiger partial charge in [-0.2, -0.15) is 41.6 Å². The Morgan fingerprint density at radius 3 is 2.73 bits per heavy atom. The number of unbranched alkanes of at least 4 members (excludes halogenated alkanes) is 1. The van der Waals surface area contributed by atoms with Crippen molar-refractivity contribution in [2.45, 2.75) is 63.7 Å². The predicted octanol–water partition coefficient (Wildman–Crippen LogP) is 4.85. The van der Waals surface area contributed by atoms with Crippen LogP contribution in [0.1, 0.15) is 60.7 Å². The fourth-order valence-electron chi connectivity index (χ4n) is 5.79. The van der Waals surface area contributed by atoms with Crippen LogP contribution >= 0.6 is 0 Å². The molecule has 0 amide bonds. The molecule has 1 N–H and O–H groups in total. The first kappa shape index (κ1) is 34.8. The number of hydroxylamine groups is 1. The molecular formula is C31H37F3N7O3W-. The van der Waals surface area contributed by atoms with Gasteiger partial charge in [0.1, 0.15) is 12.2 Å². The molecule has 0 spiro atoms. The first-order chi connectivity index (χ1) is 21.1. The van der Waals surface area contributed by atoms with Gasteiger partial charge < -0.3 is 18.9 Å². The van der Waals surface area contributed by atoms with Crippen LogP contribution in [0.15, 0.2) is 30.6 Å². The Labute approximate surface area is 275 Å². The Bertz CT molecular complexity index is 1480. The van der Waals surface area contributed by atoms with Crippen molar-refractivity contribution in [2.75, 3.05) is 38.0 Å². The van der Waals surface area contributed by atoms with Crippen LogP contribution < -0.4 is 9.80 Å². The van der Waals surface area contributed by atoms with Crippen molar-refractivity contribution in [3.05, 3.63) is 64.7 Å². The standard InChI is InChI=1S/C31H37F3N7O3.W/c1-22-6-5-10-40(16-22)17-23-7-8-24(26(12-23)31(32,33)34)18-41(42)27-13-25(14-29(37-27)44-11-4-3-9-35)30(19-43-20-30)15-28-38-36-21-39(28)2;/h7,12-14,21-22,42H,3-6,10-11,15-20H2,1-2H3;/q-1;/t22-;/m0./s1. The molecule has 3 aromatic rings. The Balaban J connectivity index is 0.00000461. The number of hydrogen-bond acceptors (Lipinski definition) is 9. The second-order valence-electron chi connectivity index (χ2n) is 11.9. The van der Waals surface area contributed by atoms with Crippen LogP contribution in [0.4, 0.5) is 19.0 Å². The van der Waals surface area contributed by atoms with Crippen molar-refractivity contribution < 1.29 is 48.9 Å². The van der Waals surface area contributed by atoms with Gasteiger partial charge in [0.15, 0.2) is 5.82 Å². The molecular weight excluding hydrogens is 759 g/mol. The zero-order valence-corrected chi connectivity index (χ0v) is 28.3. The molecule has 2 aliphatic rings. The van der Waals surface area contributed by atoms with Crippen LogP contribution in [0.25, 0.3) is 0 Å². The molecule has 242 valence electrons. The van der Waals surface area contributed by atoms with E-state index in [9.17, 15) is 18.4 Å². The minimum Gasteiger partial charge on any atom is -0.478 e. The van der Waals surface area contributed by atoms with Crippen molar-refractivity contribution >= 4 is 5.82 Å². The molecule has 0 unspecified atom stereocenters. The van der Waals surface area contributed by atoms with Gasteiger partial charge in [-0.1, -0.05) is 6.92 Å². The number of alkyl halides is 3.